The molecule has 126 valence electrons. The van der Waals surface area contributed by atoms with E-state index in [0.717, 1.165) is 5.56 Å². The molecule has 0 aliphatic heterocycles. The zero-order valence-electron chi connectivity index (χ0n) is 13.8. The maximum absolute atomic E-state index is 12.3. The third kappa shape index (κ3) is 3.08. The van der Waals surface area contributed by atoms with Gasteiger partial charge in [0.25, 0.3) is 5.69 Å². The van der Waals surface area contributed by atoms with Crippen LogP contribution in [0, 0.1) is 17.0 Å². The Morgan fingerprint density at radius 3 is 2.50 bits per heavy atom. The molecule has 0 atom stereocenters. The van der Waals surface area contributed by atoms with E-state index in [4.69, 9.17) is 4.74 Å². The van der Waals surface area contributed by atoms with Crippen LogP contribution in [0.15, 0.2) is 30.3 Å². The fraction of sp³-hybridized carbons (Fsp3) is 0.278. The molecule has 0 saturated heterocycles. The Balaban J connectivity index is 2.84. The Kier molecular flexibility index (Phi) is 5.18. The molecule has 0 bridgehead atoms. The summed E-state index contributed by atoms with van der Waals surface area (Å²) in [7, 11) is 0. The number of phenols is 1. The zero-order valence-corrected chi connectivity index (χ0v) is 13.8. The van der Waals surface area contributed by atoms with Gasteiger partial charge in [-0.3, -0.25) is 10.1 Å². The number of aryl methyl sites for hydroxylation is 1. The molecule has 0 heterocycles. The van der Waals surface area contributed by atoms with Gasteiger partial charge in [-0.05, 0) is 43.5 Å². The largest absolute Gasteiger partial charge is 0.507 e. The van der Waals surface area contributed by atoms with E-state index in [1.165, 1.54) is 6.07 Å². The summed E-state index contributed by atoms with van der Waals surface area (Å²) in [6.45, 7) is 5.42. The molecule has 6 nitrogen and oxygen atoms in total. The molecule has 2 aromatic rings. The van der Waals surface area contributed by atoms with Crippen molar-refractivity contribution in [3.8, 4) is 16.9 Å². The minimum Gasteiger partial charge on any atom is -0.507 e. The van der Waals surface area contributed by atoms with Gasteiger partial charge in [0.1, 0.15) is 11.3 Å². The van der Waals surface area contributed by atoms with Gasteiger partial charge < -0.3 is 9.84 Å². The summed E-state index contributed by atoms with van der Waals surface area (Å²) in [4.78, 5) is 23.2. The summed E-state index contributed by atoms with van der Waals surface area (Å²) in [5.74, 6) is -0.894. The van der Waals surface area contributed by atoms with Crippen molar-refractivity contribution in [3.63, 3.8) is 0 Å². The number of ether oxygens (including phenoxy) is 1. The third-order valence-electron chi connectivity index (χ3n) is 3.91. The number of carbonyl (C=O) groups excluding carboxylic acids is 1. The quantitative estimate of drug-likeness (QED) is 0.508. The minimum absolute atomic E-state index is 0.0409. The van der Waals surface area contributed by atoms with Crippen LogP contribution in [0.3, 0.4) is 0 Å². The first-order valence-corrected chi connectivity index (χ1v) is 7.68. The molecule has 0 aliphatic rings. The molecule has 0 saturated carbocycles. The highest BCUT2D eigenvalue weighted by Crippen LogP contribution is 2.39. The molecule has 0 aromatic heterocycles. The maximum atomic E-state index is 12.3. The lowest BCUT2D eigenvalue weighted by atomic mass is 9.91. The number of phenolic OH excluding ortho intramolecular Hbond substituents is 1. The first-order chi connectivity index (χ1) is 11.4. The average molecular weight is 329 g/mol. The zero-order chi connectivity index (χ0) is 17.9. The van der Waals surface area contributed by atoms with E-state index in [9.17, 15) is 20.0 Å². The van der Waals surface area contributed by atoms with Crippen molar-refractivity contribution >= 4 is 11.7 Å². The number of nitro benzene ring substituents is 1. The Morgan fingerprint density at radius 2 is 1.92 bits per heavy atom. The summed E-state index contributed by atoms with van der Waals surface area (Å²) in [5, 5.41) is 21.8. The van der Waals surface area contributed by atoms with Crippen LogP contribution in [0.25, 0.3) is 11.1 Å². The predicted molar refractivity (Wildman–Crippen MR) is 90.3 cm³/mol. The summed E-state index contributed by atoms with van der Waals surface area (Å²) >= 11 is 0. The molecule has 0 aliphatic carbocycles. The smallest absolute Gasteiger partial charge is 0.342 e. The lowest BCUT2D eigenvalue weighted by Gasteiger charge is -2.16. The van der Waals surface area contributed by atoms with Crippen molar-refractivity contribution in [1.29, 1.82) is 0 Å². The number of hydrogen-bond donors (Lipinski definition) is 1. The monoisotopic (exact) mass is 329 g/mol. The van der Waals surface area contributed by atoms with Crippen LogP contribution in [0.4, 0.5) is 5.69 Å². The van der Waals surface area contributed by atoms with Crippen molar-refractivity contribution in [1.82, 2.24) is 0 Å². The first kappa shape index (κ1) is 17.5. The molecule has 1 N–H and O–H groups in total. The Labute approximate surface area is 139 Å². The van der Waals surface area contributed by atoms with E-state index in [2.05, 4.69) is 0 Å². The Hall–Kier alpha value is -2.89. The topological polar surface area (TPSA) is 89.7 Å². The van der Waals surface area contributed by atoms with Gasteiger partial charge in [-0.2, -0.15) is 0 Å². The lowest BCUT2D eigenvalue weighted by Crippen LogP contribution is -2.09. The SMILES string of the molecule is CCOC(=O)c1c(-c2ccccc2[N+](=O)[O-])cc(CC)c(C)c1O. The fourth-order valence-electron chi connectivity index (χ4n) is 2.67. The van der Waals surface area contributed by atoms with Crippen molar-refractivity contribution < 1.29 is 19.6 Å². The number of carbonyl (C=O) groups is 1. The second-order valence-electron chi connectivity index (χ2n) is 5.28. The fourth-order valence-corrected chi connectivity index (χ4v) is 2.67. The van der Waals surface area contributed by atoms with Crippen LogP contribution in [-0.4, -0.2) is 22.6 Å². The van der Waals surface area contributed by atoms with Gasteiger partial charge in [-0.15, -0.1) is 0 Å². The maximum Gasteiger partial charge on any atom is 0.342 e. The number of aromatic hydroxyl groups is 1. The third-order valence-corrected chi connectivity index (χ3v) is 3.91. The molecule has 6 heteroatoms. The van der Waals surface area contributed by atoms with Gasteiger partial charge in [-0.1, -0.05) is 19.1 Å². The molecule has 0 fully saturated rings. The molecule has 0 amide bonds. The van der Waals surface area contributed by atoms with Gasteiger partial charge in [0, 0.05) is 11.6 Å². The lowest BCUT2D eigenvalue weighted by molar-refractivity contribution is -0.384. The van der Waals surface area contributed by atoms with Gasteiger partial charge in [-0.25, -0.2) is 4.79 Å². The van der Waals surface area contributed by atoms with Crippen LogP contribution >= 0.6 is 0 Å². The first-order valence-electron chi connectivity index (χ1n) is 7.68. The molecular weight excluding hydrogens is 310 g/mol. The number of nitrogens with zero attached hydrogens (tertiary/aromatic N) is 1. The van der Waals surface area contributed by atoms with Gasteiger partial charge in [0.2, 0.25) is 0 Å². The summed E-state index contributed by atoms with van der Waals surface area (Å²) in [5.41, 5.74) is 1.79. The molecular formula is C18H19NO5. The van der Waals surface area contributed by atoms with Crippen LogP contribution in [0.5, 0.6) is 5.75 Å². The highest BCUT2D eigenvalue weighted by atomic mass is 16.6. The molecule has 0 spiro atoms. The van der Waals surface area contributed by atoms with Crippen LogP contribution in [-0.2, 0) is 11.2 Å². The number of nitro groups is 1. The summed E-state index contributed by atoms with van der Waals surface area (Å²) < 4.78 is 5.03. The highest BCUT2D eigenvalue weighted by Gasteiger charge is 2.26. The van der Waals surface area contributed by atoms with Gasteiger partial charge >= 0.3 is 5.97 Å². The second-order valence-corrected chi connectivity index (χ2v) is 5.28. The number of esters is 1. The van der Waals surface area contributed by atoms with Crippen LogP contribution < -0.4 is 0 Å². The van der Waals surface area contributed by atoms with E-state index >= 15 is 0 Å². The van der Waals surface area contributed by atoms with Gasteiger partial charge in [0.05, 0.1) is 17.1 Å². The summed E-state index contributed by atoms with van der Waals surface area (Å²) in [6, 6.07) is 7.85. The molecule has 24 heavy (non-hydrogen) atoms. The van der Waals surface area contributed by atoms with Crippen molar-refractivity contribution in [2.24, 2.45) is 0 Å². The molecule has 2 rings (SSSR count). The predicted octanol–water partition coefficient (Wildman–Crippen LogP) is 4.01. The van der Waals surface area contributed by atoms with Crippen LogP contribution in [0.2, 0.25) is 0 Å². The second kappa shape index (κ2) is 7.12. The van der Waals surface area contributed by atoms with E-state index in [1.54, 1.807) is 38.1 Å². The van der Waals surface area contributed by atoms with Gasteiger partial charge in [0.15, 0.2) is 0 Å². The van der Waals surface area contributed by atoms with E-state index in [0.29, 0.717) is 17.5 Å². The normalized spacial score (nSPS) is 10.5. The standard InChI is InChI=1S/C18H19NO5/c1-4-12-10-14(13-8-6-7-9-15(13)19(22)23)16(17(20)11(12)3)18(21)24-5-2/h6-10,20H,4-5H2,1-3H3. The van der Waals surface area contributed by atoms with E-state index < -0.39 is 10.9 Å². The van der Waals surface area contributed by atoms with E-state index in [-0.39, 0.29) is 29.2 Å². The minimum atomic E-state index is -0.700. The number of hydrogen-bond acceptors (Lipinski definition) is 5. The van der Waals surface area contributed by atoms with Crippen molar-refractivity contribution in [3.05, 3.63) is 57.1 Å². The molecule has 0 radical (unpaired) electrons. The Morgan fingerprint density at radius 1 is 1.25 bits per heavy atom. The highest BCUT2D eigenvalue weighted by molar-refractivity contribution is 6.02. The molecule has 0 unspecified atom stereocenters. The number of para-hydroxylation sites is 1. The van der Waals surface area contributed by atoms with Crippen molar-refractivity contribution in [2.75, 3.05) is 6.61 Å². The number of rotatable bonds is 5. The van der Waals surface area contributed by atoms with Crippen LogP contribution in [0.1, 0.15) is 35.3 Å². The van der Waals surface area contributed by atoms with Crippen molar-refractivity contribution in [2.45, 2.75) is 27.2 Å². The van der Waals surface area contributed by atoms with E-state index in [1.807, 2.05) is 6.92 Å². The Bertz CT molecular complexity index is 798. The number of benzene rings is 2. The summed E-state index contributed by atoms with van der Waals surface area (Å²) in [6.07, 6.45) is 0.621. The molecule has 2 aromatic carbocycles. The average Bonchev–Trinajstić information content (AvgIpc) is 2.57.